The third kappa shape index (κ3) is 4.50. The number of halogens is 3. The molecule has 1 amide bonds. The molecule has 0 aliphatic carbocycles. The molecule has 1 aromatic carbocycles. The monoisotopic (exact) mass is 379 g/mol. The molecule has 0 saturated heterocycles. The number of benzene rings is 1. The number of guanidine groups is 1. The van der Waals surface area contributed by atoms with Gasteiger partial charge < -0.3 is 11.5 Å². The number of hydrogen-bond acceptors (Lipinski definition) is 3. The van der Waals surface area contributed by atoms with E-state index in [2.05, 4.69) is 4.99 Å². The van der Waals surface area contributed by atoms with E-state index in [9.17, 15) is 26.4 Å². The van der Waals surface area contributed by atoms with E-state index < -0.39 is 49.2 Å². The lowest BCUT2D eigenvalue weighted by Gasteiger charge is -2.20. The number of rotatable bonds is 5. The molecule has 0 spiro atoms. The molecule has 0 radical (unpaired) electrons. The molecule has 0 bridgehead atoms. The van der Waals surface area contributed by atoms with Gasteiger partial charge in [0.15, 0.2) is 15.8 Å². The molecule has 0 atom stereocenters. The van der Waals surface area contributed by atoms with Crippen LogP contribution >= 0.6 is 0 Å². The fourth-order valence-corrected chi connectivity index (χ4v) is 4.51. The second kappa shape index (κ2) is 7.42. The third-order valence-corrected chi connectivity index (χ3v) is 6.24. The van der Waals surface area contributed by atoms with Crippen LogP contribution in [0.3, 0.4) is 0 Å². The van der Waals surface area contributed by atoms with E-state index in [1.807, 2.05) is 0 Å². The predicted octanol–water partition coefficient (Wildman–Crippen LogP) is 2.39. The van der Waals surface area contributed by atoms with Crippen molar-refractivity contribution in [2.45, 2.75) is 49.9 Å². The Morgan fingerprint density at radius 3 is 2.12 bits per heavy atom. The van der Waals surface area contributed by atoms with Crippen LogP contribution in [-0.2, 0) is 16.0 Å². The summed E-state index contributed by atoms with van der Waals surface area (Å²) in [5, 5.41) is -0.952. The topological polar surface area (TPSA) is 116 Å². The van der Waals surface area contributed by atoms with Gasteiger partial charge in [0.1, 0.15) is 0 Å². The fraction of sp³-hybridized carbons (Fsp3) is 0.467. The second-order valence-corrected chi connectivity index (χ2v) is 7.68. The molecule has 25 heavy (non-hydrogen) atoms. The number of sulfone groups is 1. The molecule has 0 aromatic heterocycles. The molecule has 10 heteroatoms. The van der Waals surface area contributed by atoms with Crippen LogP contribution in [0.2, 0.25) is 0 Å². The Labute approximate surface area is 144 Å². The van der Waals surface area contributed by atoms with Crippen LogP contribution in [0.4, 0.5) is 13.2 Å². The van der Waals surface area contributed by atoms with Crippen molar-refractivity contribution >= 4 is 21.7 Å². The Morgan fingerprint density at radius 2 is 1.72 bits per heavy atom. The number of nitrogens with two attached hydrogens (primary N) is 2. The van der Waals surface area contributed by atoms with Gasteiger partial charge in [0.2, 0.25) is 0 Å². The van der Waals surface area contributed by atoms with Gasteiger partial charge in [-0.05, 0) is 37.5 Å². The number of nitrogens with zero attached hydrogens (tertiary/aromatic N) is 1. The third-order valence-electron chi connectivity index (χ3n) is 3.75. The summed E-state index contributed by atoms with van der Waals surface area (Å²) < 4.78 is 65.5. The predicted molar refractivity (Wildman–Crippen MR) is 87.9 cm³/mol. The molecule has 0 aliphatic rings. The number of aryl methyl sites for hydroxylation is 1. The highest BCUT2D eigenvalue weighted by atomic mass is 32.2. The lowest BCUT2D eigenvalue weighted by Crippen LogP contribution is -2.25. The number of hydrogen-bond donors (Lipinski definition) is 2. The second-order valence-electron chi connectivity index (χ2n) is 5.49. The van der Waals surface area contributed by atoms with Gasteiger partial charge in [-0.3, -0.25) is 4.79 Å². The number of aliphatic imine (C=N–C) groups is 1. The fourth-order valence-electron chi connectivity index (χ4n) is 2.45. The van der Waals surface area contributed by atoms with Crippen molar-refractivity contribution in [1.29, 1.82) is 0 Å². The molecular weight excluding hydrogens is 359 g/mol. The van der Waals surface area contributed by atoms with Crippen LogP contribution in [0, 0.1) is 6.92 Å². The Balaban J connectivity index is 3.75. The highest BCUT2D eigenvalue weighted by Crippen LogP contribution is 2.38. The minimum Gasteiger partial charge on any atom is -0.370 e. The van der Waals surface area contributed by atoms with Gasteiger partial charge in [-0.25, -0.2) is 8.42 Å². The van der Waals surface area contributed by atoms with Crippen molar-refractivity contribution < 1.29 is 26.4 Å². The van der Waals surface area contributed by atoms with Gasteiger partial charge in [-0.2, -0.15) is 18.2 Å². The minimum absolute atomic E-state index is 0.0348. The zero-order chi connectivity index (χ0) is 19.6. The summed E-state index contributed by atoms with van der Waals surface area (Å²) in [6.07, 6.45) is -4.62. The van der Waals surface area contributed by atoms with Gasteiger partial charge in [0, 0.05) is 5.56 Å². The van der Waals surface area contributed by atoms with E-state index in [0.717, 1.165) is 6.07 Å². The maximum absolute atomic E-state index is 13.4. The molecule has 1 rings (SSSR count). The van der Waals surface area contributed by atoms with Gasteiger partial charge in [0.25, 0.3) is 5.91 Å². The van der Waals surface area contributed by atoms with E-state index in [0.29, 0.717) is 6.07 Å². The minimum atomic E-state index is -4.96. The van der Waals surface area contributed by atoms with Gasteiger partial charge in [-0.15, -0.1) is 0 Å². The van der Waals surface area contributed by atoms with Crippen LogP contribution in [0.25, 0.3) is 0 Å². The highest BCUT2D eigenvalue weighted by molar-refractivity contribution is 7.92. The van der Waals surface area contributed by atoms with Gasteiger partial charge in [-0.1, -0.05) is 13.8 Å². The summed E-state index contributed by atoms with van der Waals surface area (Å²) >= 11 is 0. The number of carbonyl (C=O) groups is 1. The lowest BCUT2D eigenvalue weighted by atomic mass is 10.0. The number of amides is 1. The van der Waals surface area contributed by atoms with Crippen LogP contribution in [0.15, 0.2) is 22.0 Å². The lowest BCUT2D eigenvalue weighted by molar-refractivity contribution is -0.139. The smallest absolute Gasteiger partial charge is 0.370 e. The first-order chi connectivity index (χ1) is 11.4. The molecule has 6 nitrogen and oxygen atoms in total. The highest BCUT2D eigenvalue weighted by Gasteiger charge is 2.40. The van der Waals surface area contributed by atoms with Crippen molar-refractivity contribution in [3.63, 3.8) is 0 Å². The van der Waals surface area contributed by atoms with Crippen LogP contribution in [-0.4, -0.2) is 25.5 Å². The van der Waals surface area contributed by atoms with E-state index in [4.69, 9.17) is 11.5 Å². The number of alkyl halides is 3. The summed E-state index contributed by atoms with van der Waals surface area (Å²) in [5.74, 6) is -1.68. The molecule has 4 N–H and O–H groups in total. The molecular formula is C15H20F3N3O3S. The SMILES string of the molecule is CCC(CC)S(=O)(=O)c1cc(C)c(C(=O)N=C(N)N)cc1C(F)(F)F. The summed E-state index contributed by atoms with van der Waals surface area (Å²) in [6.45, 7) is 4.49. The van der Waals surface area contributed by atoms with E-state index >= 15 is 0 Å². The van der Waals surface area contributed by atoms with Crippen LogP contribution in [0.5, 0.6) is 0 Å². The average molecular weight is 379 g/mol. The standard InChI is InChI=1S/C15H20F3N3O3S/c1-4-9(5-2)25(23,24)12-6-8(3)10(13(22)21-14(19)20)7-11(12)15(16,17)18/h6-7,9H,4-5H2,1-3H3,(H4,19,20,21,22). The van der Waals surface area contributed by atoms with E-state index in [1.54, 1.807) is 13.8 Å². The number of carbonyl (C=O) groups excluding carboxylic acids is 1. The zero-order valence-electron chi connectivity index (χ0n) is 14.0. The maximum atomic E-state index is 13.4. The molecule has 140 valence electrons. The van der Waals surface area contributed by atoms with Gasteiger partial charge in [0.05, 0.1) is 15.7 Å². The van der Waals surface area contributed by atoms with E-state index in [1.165, 1.54) is 6.92 Å². The first-order valence-electron chi connectivity index (χ1n) is 7.45. The summed E-state index contributed by atoms with van der Waals surface area (Å²) in [5.41, 5.74) is 8.36. The molecule has 0 heterocycles. The van der Waals surface area contributed by atoms with Crippen molar-refractivity contribution in [3.8, 4) is 0 Å². The molecule has 0 aliphatic heterocycles. The Kier molecular flexibility index (Phi) is 6.22. The van der Waals surface area contributed by atoms with Gasteiger partial charge >= 0.3 is 6.18 Å². The maximum Gasteiger partial charge on any atom is 0.417 e. The summed E-state index contributed by atoms with van der Waals surface area (Å²) in [6, 6.07) is 1.34. The average Bonchev–Trinajstić information content (AvgIpc) is 2.45. The van der Waals surface area contributed by atoms with Crippen LogP contribution in [0.1, 0.15) is 48.2 Å². The van der Waals surface area contributed by atoms with Crippen molar-refractivity contribution in [3.05, 3.63) is 28.8 Å². The largest absolute Gasteiger partial charge is 0.417 e. The summed E-state index contributed by atoms with van der Waals surface area (Å²) in [4.78, 5) is 14.3. The molecule has 1 aromatic rings. The van der Waals surface area contributed by atoms with Crippen molar-refractivity contribution in [2.75, 3.05) is 0 Å². The van der Waals surface area contributed by atoms with Crippen LogP contribution < -0.4 is 11.5 Å². The summed E-state index contributed by atoms with van der Waals surface area (Å²) in [7, 11) is -4.22. The molecule has 0 fully saturated rings. The van der Waals surface area contributed by atoms with Crippen molar-refractivity contribution in [1.82, 2.24) is 0 Å². The van der Waals surface area contributed by atoms with E-state index in [-0.39, 0.29) is 18.4 Å². The van der Waals surface area contributed by atoms with Crippen molar-refractivity contribution in [2.24, 2.45) is 16.5 Å². The first-order valence-corrected chi connectivity index (χ1v) is 9.00. The molecule has 0 saturated carbocycles. The normalized spacial score (nSPS) is 12.3. The zero-order valence-corrected chi connectivity index (χ0v) is 14.8. The first kappa shape index (κ1) is 20.9. The Morgan fingerprint density at radius 1 is 1.20 bits per heavy atom. The molecule has 0 unspecified atom stereocenters. The Bertz CT molecular complexity index is 794. The Hall–Kier alpha value is -2.10. The quantitative estimate of drug-likeness (QED) is 0.602.